The molecule has 158 valence electrons. The topological polar surface area (TPSA) is 50.8 Å². The molecule has 0 aromatic heterocycles. The normalized spacial score (nSPS) is 15.1. The molecule has 0 saturated carbocycles. The van der Waals surface area contributed by atoms with E-state index in [1.54, 1.807) is 13.2 Å². The molecule has 3 rings (SSSR count). The number of piperidine rings is 1. The number of para-hydroxylation sites is 2. The average molecular weight is 419 g/mol. The first-order valence-electron chi connectivity index (χ1n) is 10.0. The van der Waals surface area contributed by atoms with E-state index in [1.165, 1.54) is 30.4 Å². The molecule has 1 amide bonds. The Kier molecular flexibility index (Phi) is 9.29. The lowest BCUT2D eigenvalue weighted by atomic mass is 10.0. The standard InChI is InChI=1S/C23H30N2O3.ClH/c1-18-10-12-19(13-11-18)20(25-14-6-3-7-15-25)16-24-23(26)17-28-22-9-5-4-8-21(22)27-2;/h4-5,8-13,20H,3,6-7,14-17H2,1-2H3,(H,24,26);1H. The van der Waals surface area contributed by atoms with E-state index < -0.39 is 0 Å². The number of likely N-dealkylation sites (tertiary alicyclic amines) is 1. The second-order valence-corrected chi connectivity index (χ2v) is 7.27. The summed E-state index contributed by atoms with van der Waals surface area (Å²) in [6.07, 6.45) is 3.72. The minimum Gasteiger partial charge on any atom is -0.493 e. The summed E-state index contributed by atoms with van der Waals surface area (Å²) in [5, 5.41) is 3.05. The summed E-state index contributed by atoms with van der Waals surface area (Å²) in [4.78, 5) is 14.9. The molecule has 0 aliphatic carbocycles. The number of nitrogens with zero attached hydrogens (tertiary/aromatic N) is 1. The first-order chi connectivity index (χ1) is 13.7. The molecule has 5 nitrogen and oxygen atoms in total. The number of hydrogen-bond acceptors (Lipinski definition) is 4. The van der Waals surface area contributed by atoms with Crippen LogP contribution in [-0.4, -0.2) is 44.2 Å². The quantitative estimate of drug-likeness (QED) is 0.699. The largest absolute Gasteiger partial charge is 0.493 e. The molecule has 1 aliphatic heterocycles. The minimum atomic E-state index is -0.125. The summed E-state index contributed by atoms with van der Waals surface area (Å²) in [5.41, 5.74) is 2.49. The van der Waals surface area contributed by atoms with E-state index in [9.17, 15) is 4.79 Å². The van der Waals surface area contributed by atoms with Crippen molar-refractivity contribution in [3.63, 3.8) is 0 Å². The molecule has 1 heterocycles. The molecule has 1 saturated heterocycles. The van der Waals surface area contributed by atoms with Crippen molar-refractivity contribution < 1.29 is 14.3 Å². The Morgan fingerprint density at radius 2 is 1.69 bits per heavy atom. The zero-order chi connectivity index (χ0) is 19.8. The van der Waals surface area contributed by atoms with Crippen LogP contribution < -0.4 is 14.8 Å². The molecule has 29 heavy (non-hydrogen) atoms. The lowest BCUT2D eigenvalue weighted by molar-refractivity contribution is -0.123. The van der Waals surface area contributed by atoms with Crippen LogP contribution in [0.5, 0.6) is 11.5 Å². The van der Waals surface area contributed by atoms with Crippen molar-refractivity contribution in [1.29, 1.82) is 0 Å². The summed E-state index contributed by atoms with van der Waals surface area (Å²) in [6, 6.07) is 16.2. The van der Waals surface area contributed by atoms with Crippen LogP contribution in [0.3, 0.4) is 0 Å². The Labute approximate surface area is 179 Å². The van der Waals surface area contributed by atoms with Gasteiger partial charge in [-0.15, -0.1) is 12.4 Å². The van der Waals surface area contributed by atoms with Gasteiger partial charge in [0, 0.05) is 6.54 Å². The molecule has 6 heteroatoms. The minimum absolute atomic E-state index is 0. The average Bonchev–Trinajstić information content (AvgIpc) is 2.74. The lowest BCUT2D eigenvalue weighted by Gasteiger charge is -2.35. The van der Waals surface area contributed by atoms with Crippen LogP contribution in [0.4, 0.5) is 0 Å². The summed E-state index contributed by atoms with van der Waals surface area (Å²) < 4.78 is 10.9. The zero-order valence-corrected chi connectivity index (χ0v) is 18.0. The van der Waals surface area contributed by atoms with Crippen LogP contribution in [0.1, 0.15) is 36.4 Å². The van der Waals surface area contributed by atoms with Gasteiger partial charge in [-0.2, -0.15) is 0 Å². The van der Waals surface area contributed by atoms with Crippen molar-refractivity contribution in [3.05, 3.63) is 59.7 Å². The highest BCUT2D eigenvalue weighted by Gasteiger charge is 2.23. The highest BCUT2D eigenvalue weighted by Crippen LogP contribution is 2.26. The number of carbonyl (C=O) groups is 1. The van der Waals surface area contributed by atoms with Gasteiger partial charge in [0.2, 0.25) is 0 Å². The predicted octanol–water partition coefficient (Wildman–Crippen LogP) is 4.15. The number of ether oxygens (including phenoxy) is 2. The third kappa shape index (κ3) is 6.65. The van der Waals surface area contributed by atoms with Crippen molar-refractivity contribution in [3.8, 4) is 11.5 Å². The van der Waals surface area contributed by atoms with Gasteiger partial charge in [0.25, 0.3) is 5.91 Å². The Morgan fingerprint density at radius 3 is 2.34 bits per heavy atom. The van der Waals surface area contributed by atoms with E-state index in [1.807, 2.05) is 18.2 Å². The molecule has 1 fully saturated rings. The first kappa shape index (κ1) is 23.0. The SMILES string of the molecule is COc1ccccc1OCC(=O)NCC(c1ccc(C)cc1)N1CCCCC1.Cl. The van der Waals surface area contributed by atoms with Crippen molar-refractivity contribution in [1.82, 2.24) is 10.2 Å². The smallest absolute Gasteiger partial charge is 0.258 e. The van der Waals surface area contributed by atoms with Gasteiger partial charge in [0.15, 0.2) is 18.1 Å². The van der Waals surface area contributed by atoms with Crippen molar-refractivity contribution in [2.75, 3.05) is 33.4 Å². The van der Waals surface area contributed by atoms with Gasteiger partial charge in [0.1, 0.15) is 0 Å². The van der Waals surface area contributed by atoms with Crippen LogP contribution in [0.2, 0.25) is 0 Å². The summed E-state index contributed by atoms with van der Waals surface area (Å²) in [6.45, 7) is 4.80. The third-order valence-electron chi connectivity index (χ3n) is 5.21. The monoisotopic (exact) mass is 418 g/mol. The van der Waals surface area contributed by atoms with Gasteiger partial charge in [0.05, 0.1) is 13.2 Å². The van der Waals surface area contributed by atoms with E-state index in [0.717, 1.165) is 13.1 Å². The predicted molar refractivity (Wildman–Crippen MR) is 118 cm³/mol. The van der Waals surface area contributed by atoms with Crippen molar-refractivity contribution in [2.24, 2.45) is 0 Å². The number of nitrogens with one attached hydrogen (secondary N) is 1. The maximum absolute atomic E-state index is 12.4. The molecule has 2 aromatic rings. The maximum atomic E-state index is 12.4. The lowest BCUT2D eigenvalue weighted by Crippen LogP contribution is -2.41. The fraction of sp³-hybridized carbons (Fsp3) is 0.435. The molecule has 1 atom stereocenters. The van der Waals surface area contributed by atoms with E-state index in [2.05, 4.69) is 41.4 Å². The first-order valence-corrected chi connectivity index (χ1v) is 10.0. The Balaban J connectivity index is 0.00000300. The van der Waals surface area contributed by atoms with Crippen LogP contribution in [0, 0.1) is 6.92 Å². The number of aryl methyl sites for hydroxylation is 1. The fourth-order valence-corrected chi connectivity index (χ4v) is 3.62. The number of amides is 1. The second kappa shape index (κ2) is 11.7. The summed E-state index contributed by atoms with van der Waals surface area (Å²) >= 11 is 0. The number of benzene rings is 2. The van der Waals surface area contributed by atoms with Crippen LogP contribution >= 0.6 is 12.4 Å². The number of rotatable bonds is 8. The molecular weight excluding hydrogens is 388 g/mol. The maximum Gasteiger partial charge on any atom is 0.258 e. The van der Waals surface area contributed by atoms with Gasteiger partial charge in [-0.1, -0.05) is 48.4 Å². The van der Waals surface area contributed by atoms with Gasteiger partial charge in [-0.3, -0.25) is 9.69 Å². The number of methoxy groups -OCH3 is 1. The molecule has 1 unspecified atom stereocenters. The Bertz CT molecular complexity index is 761. The fourth-order valence-electron chi connectivity index (χ4n) is 3.62. The molecule has 1 N–H and O–H groups in total. The molecule has 0 bridgehead atoms. The summed E-state index contributed by atoms with van der Waals surface area (Å²) in [5.74, 6) is 1.08. The zero-order valence-electron chi connectivity index (χ0n) is 17.2. The molecular formula is C23H31ClN2O3. The molecule has 0 spiro atoms. The number of carbonyl (C=O) groups excluding carboxylic acids is 1. The van der Waals surface area contributed by atoms with Crippen LogP contribution in [-0.2, 0) is 4.79 Å². The Hall–Kier alpha value is -2.24. The highest BCUT2D eigenvalue weighted by molar-refractivity contribution is 5.85. The number of hydrogen-bond donors (Lipinski definition) is 1. The highest BCUT2D eigenvalue weighted by atomic mass is 35.5. The summed E-state index contributed by atoms with van der Waals surface area (Å²) in [7, 11) is 1.59. The van der Waals surface area contributed by atoms with E-state index in [0.29, 0.717) is 18.0 Å². The number of halogens is 1. The third-order valence-corrected chi connectivity index (χ3v) is 5.21. The second-order valence-electron chi connectivity index (χ2n) is 7.27. The van der Waals surface area contributed by atoms with Gasteiger partial charge >= 0.3 is 0 Å². The van der Waals surface area contributed by atoms with Crippen LogP contribution in [0.25, 0.3) is 0 Å². The molecule has 1 aliphatic rings. The van der Waals surface area contributed by atoms with E-state index >= 15 is 0 Å². The van der Waals surface area contributed by atoms with Crippen molar-refractivity contribution in [2.45, 2.75) is 32.2 Å². The van der Waals surface area contributed by atoms with Crippen molar-refractivity contribution >= 4 is 18.3 Å². The van der Waals surface area contributed by atoms with Crippen LogP contribution in [0.15, 0.2) is 48.5 Å². The van der Waals surface area contributed by atoms with Gasteiger partial charge in [-0.25, -0.2) is 0 Å². The van der Waals surface area contributed by atoms with E-state index in [-0.39, 0.29) is 31.0 Å². The van der Waals surface area contributed by atoms with Gasteiger partial charge < -0.3 is 14.8 Å². The molecule has 0 radical (unpaired) electrons. The van der Waals surface area contributed by atoms with Gasteiger partial charge in [-0.05, 0) is 50.6 Å². The Morgan fingerprint density at radius 1 is 1.03 bits per heavy atom. The van der Waals surface area contributed by atoms with E-state index in [4.69, 9.17) is 9.47 Å². The molecule has 2 aromatic carbocycles.